The summed E-state index contributed by atoms with van der Waals surface area (Å²) >= 11 is 2.25. The summed E-state index contributed by atoms with van der Waals surface area (Å²) in [6, 6.07) is 0. The lowest BCUT2D eigenvalue weighted by atomic mass is 10.1. The van der Waals surface area contributed by atoms with Crippen molar-refractivity contribution in [2.75, 3.05) is 6.61 Å². The Bertz CT molecular complexity index is 586. The quantitative estimate of drug-likeness (QED) is 0.362. The van der Waals surface area contributed by atoms with Gasteiger partial charge in [0.25, 0.3) is 0 Å². The van der Waals surface area contributed by atoms with E-state index in [4.69, 9.17) is 15.2 Å². The zero-order chi connectivity index (χ0) is 19.4. The van der Waals surface area contributed by atoms with Crippen LogP contribution in [-0.2, 0) is 33.7 Å². The molecule has 0 saturated heterocycles. The Kier molecular flexibility index (Phi) is 7.89. The summed E-state index contributed by atoms with van der Waals surface area (Å²) in [5.74, 6) is -0.755. The molecule has 0 radical (unpaired) electrons. The van der Waals surface area contributed by atoms with Crippen molar-refractivity contribution in [3.63, 3.8) is 0 Å². The molecular weight excluding hydrogens is 433 g/mol. The predicted octanol–water partition coefficient (Wildman–Crippen LogP) is 3.28. The van der Waals surface area contributed by atoms with Gasteiger partial charge in [0.2, 0.25) is 0 Å². The first-order valence-electron chi connectivity index (χ1n) is 8.77. The van der Waals surface area contributed by atoms with Crippen LogP contribution in [-0.4, -0.2) is 33.7 Å². The van der Waals surface area contributed by atoms with Gasteiger partial charge in [0.15, 0.2) is 0 Å². The molecule has 0 spiro atoms. The van der Waals surface area contributed by atoms with Crippen molar-refractivity contribution in [2.24, 2.45) is 11.7 Å². The fraction of sp³-hybridized carbons (Fsp3) is 0.778. The molecule has 25 heavy (non-hydrogen) atoms. The second-order valence-electron chi connectivity index (χ2n) is 7.75. The van der Waals surface area contributed by atoms with Crippen LogP contribution in [0.1, 0.15) is 59.7 Å². The molecule has 0 aliphatic carbocycles. The van der Waals surface area contributed by atoms with Crippen molar-refractivity contribution in [3.8, 4) is 0 Å². The Morgan fingerprint density at radius 3 is 2.28 bits per heavy atom. The van der Waals surface area contributed by atoms with Crippen LogP contribution in [0, 0.1) is 9.62 Å². The summed E-state index contributed by atoms with van der Waals surface area (Å²) in [5, 5.41) is 4.62. The van der Waals surface area contributed by atoms with Crippen LogP contribution in [0.25, 0.3) is 0 Å². The SMILES string of the molecule is CCc1c(I)nn(CC(COC(C)(C)N)C(=O)OC(C)(C)C)c1CC. The van der Waals surface area contributed by atoms with E-state index in [9.17, 15) is 4.79 Å². The number of hydrogen-bond acceptors (Lipinski definition) is 5. The molecular formula is C18H32IN3O3. The Morgan fingerprint density at radius 2 is 1.84 bits per heavy atom. The van der Waals surface area contributed by atoms with E-state index in [2.05, 4.69) is 41.5 Å². The average Bonchev–Trinajstić information content (AvgIpc) is 2.74. The van der Waals surface area contributed by atoms with Crippen LogP contribution in [0.3, 0.4) is 0 Å². The summed E-state index contributed by atoms with van der Waals surface area (Å²) < 4.78 is 14.1. The number of nitrogens with zero attached hydrogens (tertiary/aromatic N) is 2. The first-order valence-corrected chi connectivity index (χ1v) is 9.85. The Morgan fingerprint density at radius 1 is 1.24 bits per heavy atom. The summed E-state index contributed by atoms with van der Waals surface area (Å²) in [7, 11) is 0. The lowest BCUT2D eigenvalue weighted by Crippen LogP contribution is -2.40. The molecule has 1 rings (SSSR count). The molecule has 1 aromatic rings. The molecule has 0 bridgehead atoms. The molecule has 6 nitrogen and oxygen atoms in total. The molecule has 1 unspecified atom stereocenters. The van der Waals surface area contributed by atoms with E-state index in [-0.39, 0.29) is 12.6 Å². The minimum absolute atomic E-state index is 0.194. The molecule has 1 atom stereocenters. The summed E-state index contributed by atoms with van der Waals surface area (Å²) in [5.41, 5.74) is 6.96. The molecule has 0 aliphatic rings. The van der Waals surface area contributed by atoms with Gasteiger partial charge in [0.05, 0.1) is 19.1 Å². The van der Waals surface area contributed by atoms with Crippen molar-refractivity contribution in [1.82, 2.24) is 9.78 Å². The third-order valence-corrected chi connectivity index (χ3v) is 4.46. The van der Waals surface area contributed by atoms with Crippen molar-refractivity contribution < 1.29 is 14.3 Å². The molecule has 0 aromatic carbocycles. The van der Waals surface area contributed by atoms with E-state index < -0.39 is 17.2 Å². The van der Waals surface area contributed by atoms with E-state index in [1.54, 1.807) is 13.8 Å². The van der Waals surface area contributed by atoms with E-state index >= 15 is 0 Å². The highest BCUT2D eigenvalue weighted by Crippen LogP contribution is 2.21. The van der Waals surface area contributed by atoms with Gasteiger partial charge >= 0.3 is 5.97 Å². The zero-order valence-corrected chi connectivity index (χ0v) is 18.6. The number of aromatic nitrogens is 2. The fourth-order valence-electron chi connectivity index (χ4n) is 2.50. The maximum atomic E-state index is 12.7. The largest absolute Gasteiger partial charge is 0.460 e. The van der Waals surface area contributed by atoms with Gasteiger partial charge in [0, 0.05) is 11.3 Å². The van der Waals surface area contributed by atoms with Crippen molar-refractivity contribution in [3.05, 3.63) is 15.0 Å². The minimum Gasteiger partial charge on any atom is -0.460 e. The van der Waals surface area contributed by atoms with Crippen molar-refractivity contribution in [1.29, 1.82) is 0 Å². The van der Waals surface area contributed by atoms with Gasteiger partial charge in [-0.15, -0.1) is 0 Å². The number of carbonyl (C=O) groups excluding carboxylic acids is 1. The van der Waals surface area contributed by atoms with E-state index in [0.29, 0.717) is 6.54 Å². The standard InChI is InChI=1S/C18H32IN3O3/c1-8-13-14(9-2)22(21-15(13)19)10-12(11-24-18(6,7)20)16(23)25-17(3,4)5/h12H,8-11,20H2,1-7H3. The van der Waals surface area contributed by atoms with Crippen LogP contribution in [0.15, 0.2) is 0 Å². The molecule has 1 aromatic heterocycles. The van der Waals surface area contributed by atoms with E-state index in [0.717, 1.165) is 22.2 Å². The van der Waals surface area contributed by atoms with E-state index in [1.165, 1.54) is 5.56 Å². The summed E-state index contributed by atoms with van der Waals surface area (Å²) in [6.45, 7) is 13.9. The minimum atomic E-state index is -0.805. The Labute approximate surface area is 165 Å². The lowest BCUT2D eigenvalue weighted by molar-refractivity contribution is -0.165. The molecule has 0 saturated carbocycles. The maximum absolute atomic E-state index is 12.7. The van der Waals surface area contributed by atoms with Gasteiger partial charge in [-0.2, -0.15) is 5.10 Å². The van der Waals surface area contributed by atoms with Crippen LogP contribution < -0.4 is 5.73 Å². The Hall–Kier alpha value is -0.670. The molecule has 0 amide bonds. The van der Waals surface area contributed by atoms with E-state index in [1.807, 2.05) is 25.5 Å². The topological polar surface area (TPSA) is 79.4 Å². The van der Waals surface area contributed by atoms with Gasteiger partial charge < -0.3 is 15.2 Å². The predicted molar refractivity (Wildman–Crippen MR) is 107 cm³/mol. The second-order valence-corrected chi connectivity index (χ2v) is 8.77. The van der Waals surface area contributed by atoms with Crippen molar-refractivity contribution in [2.45, 2.75) is 79.2 Å². The normalized spacial score (nSPS) is 13.8. The van der Waals surface area contributed by atoms with Crippen LogP contribution >= 0.6 is 22.6 Å². The summed E-state index contributed by atoms with van der Waals surface area (Å²) in [4.78, 5) is 12.7. The smallest absolute Gasteiger partial charge is 0.313 e. The lowest BCUT2D eigenvalue weighted by Gasteiger charge is -2.27. The number of hydrogen-bond donors (Lipinski definition) is 1. The zero-order valence-electron chi connectivity index (χ0n) is 16.5. The number of nitrogens with two attached hydrogens (primary N) is 1. The first kappa shape index (κ1) is 22.4. The monoisotopic (exact) mass is 465 g/mol. The second kappa shape index (κ2) is 8.81. The van der Waals surface area contributed by atoms with Crippen LogP contribution in [0.5, 0.6) is 0 Å². The van der Waals surface area contributed by atoms with Crippen molar-refractivity contribution >= 4 is 28.6 Å². The van der Waals surface area contributed by atoms with Gasteiger partial charge in [-0.3, -0.25) is 9.48 Å². The molecule has 144 valence electrons. The first-order chi connectivity index (χ1) is 11.4. The molecule has 7 heteroatoms. The number of carbonyl (C=O) groups is 1. The molecule has 1 heterocycles. The number of rotatable bonds is 8. The van der Waals surface area contributed by atoms with Gasteiger partial charge in [-0.1, -0.05) is 13.8 Å². The average molecular weight is 465 g/mol. The molecule has 0 aliphatic heterocycles. The molecule has 0 fully saturated rings. The maximum Gasteiger partial charge on any atom is 0.313 e. The number of halogens is 1. The number of ether oxygens (including phenoxy) is 2. The summed E-state index contributed by atoms with van der Waals surface area (Å²) in [6.07, 6.45) is 1.79. The highest BCUT2D eigenvalue weighted by molar-refractivity contribution is 14.1. The van der Waals surface area contributed by atoms with Crippen LogP contribution in [0.4, 0.5) is 0 Å². The number of esters is 1. The highest BCUT2D eigenvalue weighted by atomic mass is 127. The fourth-order valence-corrected chi connectivity index (χ4v) is 3.46. The highest BCUT2D eigenvalue weighted by Gasteiger charge is 2.29. The third-order valence-electron chi connectivity index (χ3n) is 3.60. The van der Waals surface area contributed by atoms with Gasteiger partial charge in [-0.05, 0) is 70.1 Å². The van der Waals surface area contributed by atoms with Gasteiger partial charge in [0.1, 0.15) is 15.0 Å². The van der Waals surface area contributed by atoms with Crippen LogP contribution in [0.2, 0.25) is 0 Å². The van der Waals surface area contributed by atoms with Gasteiger partial charge in [-0.25, -0.2) is 0 Å². The third kappa shape index (κ3) is 7.22. The molecule has 2 N–H and O–H groups in total. The Balaban J connectivity index is 3.06.